The van der Waals surface area contributed by atoms with Gasteiger partial charge in [-0.05, 0) is 24.3 Å². The topological polar surface area (TPSA) is 85.3 Å². The van der Waals surface area contributed by atoms with Crippen LogP contribution in [-0.2, 0) is 11.3 Å². The Hall–Kier alpha value is -2.83. The van der Waals surface area contributed by atoms with Gasteiger partial charge in [-0.1, -0.05) is 34.4 Å². The van der Waals surface area contributed by atoms with Crippen LogP contribution in [0.25, 0.3) is 33.1 Å². The van der Waals surface area contributed by atoms with Gasteiger partial charge in [-0.3, -0.25) is 9.59 Å². The Bertz CT molecular complexity index is 1230. The fraction of sp³-hybridized carbons (Fsp3) is 0.0556. The van der Waals surface area contributed by atoms with Gasteiger partial charge in [0.15, 0.2) is 5.43 Å². The Balaban J connectivity index is 2.19. The van der Waals surface area contributed by atoms with Crippen molar-refractivity contribution in [1.29, 1.82) is 0 Å². The van der Waals surface area contributed by atoms with Gasteiger partial charge in [0, 0.05) is 22.4 Å². The first-order valence-electron chi connectivity index (χ1n) is 7.54. The maximum atomic E-state index is 12.9. The van der Waals surface area contributed by atoms with Crippen LogP contribution in [-0.4, -0.2) is 20.8 Å². The average molecular weight is 389 g/mol. The number of pyridine rings is 1. The highest BCUT2D eigenvalue weighted by atomic mass is 35.5. The number of aromatic nitrogens is 2. The van der Waals surface area contributed by atoms with Gasteiger partial charge >= 0.3 is 5.97 Å². The molecule has 0 bridgehead atoms. The molecule has 0 unspecified atom stereocenters. The number of nitrogens with zero attached hydrogens (tertiary/aromatic N) is 2. The van der Waals surface area contributed by atoms with E-state index in [-0.39, 0.29) is 27.5 Å². The second-order valence-electron chi connectivity index (χ2n) is 5.68. The normalized spacial score (nSPS) is 11.3. The number of hydrogen-bond donors (Lipinski definition) is 1. The lowest BCUT2D eigenvalue weighted by molar-refractivity contribution is -0.137. The minimum atomic E-state index is -1.07. The zero-order chi connectivity index (χ0) is 18.4. The molecule has 0 spiro atoms. The molecule has 0 aliphatic heterocycles. The average Bonchev–Trinajstić information content (AvgIpc) is 3.15. The van der Waals surface area contributed by atoms with E-state index >= 15 is 0 Å². The van der Waals surface area contributed by atoms with Crippen molar-refractivity contribution < 1.29 is 14.4 Å². The number of halogens is 2. The van der Waals surface area contributed by atoms with E-state index in [0.29, 0.717) is 27.5 Å². The molecule has 0 saturated heterocycles. The Kier molecular flexibility index (Phi) is 3.94. The molecule has 0 aliphatic rings. The summed E-state index contributed by atoms with van der Waals surface area (Å²) < 4.78 is 6.33. The molecule has 2 heterocycles. The molecule has 0 radical (unpaired) electrons. The molecule has 2 aromatic heterocycles. The van der Waals surface area contributed by atoms with Crippen LogP contribution in [0, 0.1) is 0 Å². The van der Waals surface area contributed by atoms with E-state index < -0.39 is 5.97 Å². The molecule has 0 aliphatic carbocycles. The molecule has 4 aromatic rings. The maximum absolute atomic E-state index is 12.9. The fourth-order valence-electron chi connectivity index (χ4n) is 3.02. The van der Waals surface area contributed by atoms with E-state index in [4.69, 9.17) is 27.7 Å². The van der Waals surface area contributed by atoms with E-state index in [1.54, 1.807) is 30.3 Å². The lowest BCUT2D eigenvalue weighted by Gasteiger charge is -2.15. The van der Waals surface area contributed by atoms with Crippen molar-refractivity contribution in [2.24, 2.45) is 0 Å². The Morgan fingerprint density at radius 2 is 1.92 bits per heavy atom. The number of benzene rings is 2. The lowest BCUT2D eigenvalue weighted by Crippen LogP contribution is -2.16. The van der Waals surface area contributed by atoms with Crippen LogP contribution < -0.4 is 5.43 Å². The highest BCUT2D eigenvalue weighted by Crippen LogP contribution is 2.32. The molecule has 4 rings (SSSR count). The summed E-state index contributed by atoms with van der Waals surface area (Å²) in [4.78, 5) is 24.3. The molecule has 1 N–H and O–H groups in total. The molecule has 0 atom stereocenters. The van der Waals surface area contributed by atoms with Crippen LogP contribution in [0.4, 0.5) is 0 Å². The molecule has 6 nitrogen and oxygen atoms in total. The zero-order valence-corrected chi connectivity index (χ0v) is 14.6. The molecule has 8 heteroatoms. The van der Waals surface area contributed by atoms with Gasteiger partial charge in [-0.2, -0.15) is 0 Å². The van der Waals surface area contributed by atoms with Crippen molar-refractivity contribution >= 4 is 51.0 Å². The smallest absolute Gasteiger partial charge is 0.323 e. The molecule has 2 aromatic carbocycles. The highest BCUT2D eigenvalue weighted by molar-refractivity contribution is 6.45. The van der Waals surface area contributed by atoms with Gasteiger partial charge in [0.1, 0.15) is 18.5 Å². The Morgan fingerprint density at radius 3 is 2.62 bits per heavy atom. The number of rotatable bonds is 3. The number of carboxylic acids is 1. The first-order chi connectivity index (χ1) is 12.5. The van der Waals surface area contributed by atoms with Crippen molar-refractivity contribution in [2.75, 3.05) is 0 Å². The van der Waals surface area contributed by atoms with Crippen LogP contribution in [0.2, 0.25) is 10.0 Å². The number of aliphatic carboxylic acids is 1. The van der Waals surface area contributed by atoms with E-state index in [1.165, 1.54) is 16.9 Å². The predicted molar refractivity (Wildman–Crippen MR) is 98.9 cm³/mol. The van der Waals surface area contributed by atoms with Crippen molar-refractivity contribution in [3.63, 3.8) is 0 Å². The molecular weight excluding hydrogens is 379 g/mol. The van der Waals surface area contributed by atoms with Crippen LogP contribution in [0.3, 0.4) is 0 Å². The zero-order valence-electron chi connectivity index (χ0n) is 13.1. The van der Waals surface area contributed by atoms with Crippen LogP contribution in [0.15, 0.2) is 52.0 Å². The van der Waals surface area contributed by atoms with Crippen molar-refractivity contribution in [1.82, 2.24) is 9.72 Å². The number of carboxylic acid groups (broad SMARTS) is 1. The standard InChI is InChI=1S/C18H10Cl2N2O4/c19-12-4-3-11-17(16(12)20)22(8-15(23)24)14-7-9(13-5-6-26-21-13)1-2-10(14)18(11)25/h1-7H,8H2,(H,23,24). The number of carbonyl (C=O) groups is 1. The summed E-state index contributed by atoms with van der Waals surface area (Å²) in [6, 6.07) is 9.81. The second kappa shape index (κ2) is 6.16. The summed E-state index contributed by atoms with van der Waals surface area (Å²) in [5, 5.41) is 14.3. The molecule has 0 fully saturated rings. The minimum absolute atomic E-state index is 0.135. The van der Waals surface area contributed by atoms with Crippen LogP contribution in [0.1, 0.15) is 0 Å². The number of hydrogen-bond acceptors (Lipinski definition) is 4. The Labute approximate surface area is 156 Å². The quantitative estimate of drug-likeness (QED) is 0.531. The maximum Gasteiger partial charge on any atom is 0.323 e. The molecule has 130 valence electrons. The first-order valence-corrected chi connectivity index (χ1v) is 8.30. The monoisotopic (exact) mass is 388 g/mol. The third kappa shape index (κ3) is 2.55. The summed E-state index contributed by atoms with van der Waals surface area (Å²) in [7, 11) is 0. The van der Waals surface area contributed by atoms with Gasteiger partial charge in [-0.25, -0.2) is 0 Å². The van der Waals surface area contributed by atoms with Crippen molar-refractivity contribution in [3.8, 4) is 11.3 Å². The summed E-state index contributed by atoms with van der Waals surface area (Å²) >= 11 is 12.4. The molecule has 26 heavy (non-hydrogen) atoms. The largest absolute Gasteiger partial charge is 0.480 e. The number of fused-ring (bicyclic) bond motifs is 2. The first kappa shape index (κ1) is 16.6. The van der Waals surface area contributed by atoms with E-state index in [0.717, 1.165) is 0 Å². The van der Waals surface area contributed by atoms with E-state index in [1.807, 2.05) is 0 Å². The molecular formula is C18H10Cl2N2O4. The summed E-state index contributed by atoms with van der Waals surface area (Å²) in [6.45, 7) is -0.379. The van der Waals surface area contributed by atoms with Gasteiger partial charge in [-0.15, -0.1) is 0 Å². The SMILES string of the molecule is O=C(O)Cn1c2cc(-c3ccon3)ccc2c(=O)c2ccc(Cl)c(Cl)c21. The van der Waals surface area contributed by atoms with Gasteiger partial charge in [0.25, 0.3) is 0 Å². The summed E-state index contributed by atoms with van der Waals surface area (Å²) in [6.07, 6.45) is 1.43. The van der Waals surface area contributed by atoms with E-state index in [9.17, 15) is 14.7 Å². The van der Waals surface area contributed by atoms with Gasteiger partial charge in [0.2, 0.25) is 0 Å². The third-order valence-corrected chi connectivity index (χ3v) is 4.94. The Morgan fingerprint density at radius 1 is 1.15 bits per heavy atom. The minimum Gasteiger partial charge on any atom is -0.480 e. The van der Waals surface area contributed by atoms with Gasteiger partial charge in [0.05, 0.1) is 21.1 Å². The van der Waals surface area contributed by atoms with Crippen LogP contribution in [0.5, 0.6) is 0 Å². The van der Waals surface area contributed by atoms with E-state index in [2.05, 4.69) is 5.16 Å². The highest BCUT2D eigenvalue weighted by Gasteiger charge is 2.18. The summed E-state index contributed by atoms with van der Waals surface area (Å²) in [5.41, 5.74) is 1.72. The predicted octanol–water partition coefficient (Wildman–Crippen LogP) is 4.20. The van der Waals surface area contributed by atoms with Crippen molar-refractivity contribution in [2.45, 2.75) is 6.54 Å². The van der Waals surface area contributed by atoms with Gasteiger partial charge < -0.3 is 14.2 Å². The molecule has 0 saturated carbocycles. The van der Waals surface area contributed by atoms with Crippen LogP contribution >= 0.6 is 23.2 Å². The molecule has 0 amide bonds. The summed E-state index contributed by atoms with van der Waals surface area (Å²) in [5.74, 6) is -1.07. The fourth-order valence-corrected chi connectivity index (χ4v) is 3.44. The second-order valence-corrected chi connectivity index (χ2v) is 6.47. The van der Waals surface area contributed by atoms with Crippen molar-refractivity contribution in [3.05, 3.63) is 62.9 Å². The third-order valence-electron chi connectivity index (χ3n) is 4.14. The lowest BCUT2D eigenvalue weighted by atomic mass is 10.0.